The Balaban J connectivity index is 1.44. The number of hydrogen-bond acceptors (Lipinski definition) is 7. The molecular formula is C30H30N4O6. The summed E-state index contributed by atoms with van der Waals surface area (Å²) in [5, 5.41) is 23.0. The number of carbonyl (C=O) groups is 1. The van der Waals surface area contributed by atoms with E-state index in [1.165, 1.54) is 0 Å². The average molecular weight is 543 g/mol. The number of hydrogen-bond donors (Lipinski definition) is 3. The first kappa shape index (κ1) is 24.8. The lowest BCUT2D eigenvalue weighted by molar-refractivity contribution is -0.172. The van der Waals surface area contributed by atoms with Gasteiger partial charge in [0.15, 0.2) is 5.60 Å². The first-order chi connectivity index (χ1) is 19.3. The van der Waals surface area contributed by atoms with Crippen LogP contribution in [0.3, 0.4) is 0 Å². The molecule has 206 valence electrons. The van der Waals surface area contributed by atoms with Gasteiger partial charge in [-0.1, -0.05) is 13.8 Å². The van der Waals surface area contributed by atoms with Gasteiger partial charge in [0.2, 0.25) is 0 Å². The highest BCUT2D eigenvalue weighted by atomic mass is 16.6. The van der Waals surface area contributed by atoms with Crippen molar-refractivity contribution in [1.82, 2.24) is 19.1 Å². The number of aromatic hydroxyl groups is 1. The molecule has 0 unspecified atom stereocenters. The molecule has 3 aliphatic rings. The van der Waals surface area contributed by atoms with Gasteiger partial charge in [0.25, 0.3) is 5.56 Å². The maximum absolute atomic E-state index is 13.6. The van der Waals surface area contributed by atoms with Gasteiger partial charge in [0, 0.05) is 33.5 Å². The second-order valence-corrected chi connectivity index (χ2v) is 11.0. The van der Waals surface area contributed by atoms with Gasteiger partial charge in [-0.05, 0) is 62.3 Å². The van der Waals surface area contributed by atoms with Crippen molar-refractivity contribution in [2.75, 3.05) is 0 Å². The zero-order valence-electron chi connectivity index (χ0n) is 22.5. The molecular weight excluding hydrogens is 512 g/mol. The second-order valence-electron chi connectivity index (χ2n) is 11.0. The second kappa shape index (κ2) is 8.66. The van der Waals surface area contributed by atoms with Crippen LogP contribution in [-0.4, -0.2) is 35.3 Å². The molecule has 1 aliphatic carbocycles. The van der Waals surface area contributed by atoms with Crippen LogP contribution in [0.1, 0.15) is 72.3 Å². The molecule has 10 heteroatoms. The highest BCUT2D eigenvalue weighted by Crippen LogP contribution is 2.42. The molecule has 0 amide bonds. The predicted molar refractivity (Wildman–Crippen MR) is 146 cm³/mol. The average Bonchev–Trinajstić information content (AvgIpc) is 3.48. The molecule has 0 radical (unpaired) electrons. The molecule has 5 heterocycles. The lowest BCUT2D eigenvalue weighted by atomic mass is 9.86. The third-order valence-corrected chi connectivity index (χ3v) is 8.99. The molecule has 1 atom stereocenters. The summed E-state index contributed by atoms with van der Waals surface area (Å²) in [6.07, 6.45) is 4.40. The molecule has 0 spiro atoms. The number of ether oxygens (including phenoxy) is 1. The topological polar surface area (TPSA) is 139 Å². The fourth-order valence-corrected chi connectivity index (χ4v) is 6.85. The van der Waals surface area contributed by atoms with Gasteiger partial charge in [0.1, 0.15) is 12.4 Å². The summed E-state index contributed by atoms with van der Waals surface area (Å²) in [5.74, 6) is -0.665. The maximum Gasteiger partial charge on any atom is 0.343 e. The molecule has 10 nitrogen and oxygen atoms in total. The van der Waals surface area contributed by atoms with Crippen LogP contribution in [-0.2, 0) is 54.1 Å². The largest absolute Gasteiger partial charge is 0.508 e. The minimum absolute atomic E-state index is 0.0742. The fraction of sp³-hybridized carbons (Fsp3) is 0.400. The summed E-state index contributed by atoms with van der Waals surface area (Å²) in [6.45, 7) is 4.00. The normalized spacial score (nSPS) is 19.2. The Bertz CT molecular complexity index is 1880. The van der Waals surface area contributed by atoms with Crippen LogP contribution in [0.15, 0.2) is 27.8 Å². The van der Waals surface area contributed by atoms with Crippen molar-refractivity contribution in [2.45, 2.75) is 77.7 Å². The molecule has 7 rings (SSSR count). The van der Waals surface area contributed by atoms with Gasteiger partial charge in [-0.25, -0.2) is 14.6 Å². The number of H-pyrrole nitrogens is 1. The quantitative estimate of drug-likeness (QED) is 0.297. The number of aromatic nitrogens is 4. The summed E-state index contributed by atoms with van der Waals surface area (Å²) in [7, 11) is 0. The van der Waals surface area contributed by atoms with Crippen molar-refractivity contribution in [2.24, 2.45) is 0 Å². The van der Waals surface area contributed by atoms with E-state index in [9.17, 15) is 24.6 Å². The van der Waals surface area contributed by atoms with Crippen LogP contribution < -0.4 is 11.2 Å². The number of imidazole rings is 1. The molecule has 0 bridgehead atoms. The minimum atomic E-state index is -1.89. The number of nitrogens with one attached hydrogen (secondary N) is 1. The van der Waals surface area contributed by atoms with Crippen LogP contribution >= 0.6 is 0 Å². The fourth-order valence-electron chi connectivity index (χ4n) is 6.85. The number of carbonyl (C=O) groups excluding carboxylic acids is 1. The van der Waals surface area contributed by atoms with Gasteiger partial charge < -0.3 is 24.5 Å². The van der Waals surface area contributed by atoms with Gasteiger partial charge in [-0.15, -0.1) is 0 Å². The number of fused-ring (bicyclic) bond motifs is 6. The number of esters is 1. The smallest absolute Gasteiger partial charge is 0.343 e. The molecule has 2 aliphatic heterocycles. The van der Waals surface area contributed by atoms with Crippen LogP contribution in [0.4, 0.5) is 0 Å². The standard InChI is InChI=1S/C30H30N4O6/c1-3-15-16-12-33-23(11-19-18(27(33)36)14-40-28(37)30(19,39)4-2)26(16)31-21-9-10-24(35)17(25(15)21)13-34-22-8-6-5-7-20(22)32-29(34)38/h9-11,35,39H,3-8,12-14H2,1-2H3,(H,32,38)/t30-/m0/s1. The summed E-state index contributed by atoms with van der Waals surface area (Å²) in [4.78, 5) is 47.0. The van der Waals surface area contributed by atoms with E-state index in [2.05, 4.69) is 4.98 Å². The highest BCUT2D eigenvalue weighted by Gasteiger charge is 2.45. The zero-order valence-corrected chi connectivity index (χ0v) is 22.5. The molecule has 0 fully saturated rings. The van der Waals surface area contributed by atoms with Crippen molar-refractivity contribution >= 4 is 16.9 Å². The molecule has 4 aromatic rings. The summed E-state index contributed by atoms with van der Waals surface area (Å²) >= 11 is 0. The number of rotatable bonds is 4. The molecule has 40 heavy (non-hydrogen) atoms. The van der Waals surface area contributed by atoms with E-state index in [4.69, 9.17) is 9.72 Å². The Morgan fingerprint density at radius 1 is 1.10 bits per heavy atom. The summed E-state index contributed by atoms with van der Waals surface area (Å²) < 4.78 is 8.54. The maximum atomic E-state index is 13.6. The Kier molecular flexibility index (Phi) is 5.38. The number of phenolic OH excluding ortho intramolecular Hbond substituents is 1. The van der Waals surface area contributed by atoms with Crippen molar-refractivity contribution in [3.05, 3.63) is 78.2 Å². The van der Waals surface area contributed by atoms with Gasteiger partial charge in [0.05, 0.1) is 35.6 Å². The van der Waals surface area contributed by atoms with E-state index in [1.807, 2.05) is 6.92 Å². The highest BCUT2D eigenvalue weighted by molar-refractivity contribution is 5.92. The first-order valence-corrected chi connectivity index (χ1v) is 13.9. The predicted octanol–water partition coefficient (Wildman–Crippen LogP) is 2.76. The van der Waals surface area contributed by atoms with E-state index < -0.39 is 11.6 Å². The van der Waals surface area contributed by atoms with Crippen molar-refractivity contribution in [3.63, 3.8) is 0 Å². The van der Waals surface area contributed by atoms with Crippen molar-refractivity contribution < 1.29 is 19.7 Å². The number of pyridine rings is 2. The Morgan fingerprint density at radius 2 is 1.90 bits per heavy atom. The Morgan fingerprint density at radius 3 is 2.67 bits per heavy atom. The number of aryl methyl sites for hydroxylation is 2. The number of benzene rings is 1. The first-order valence-electron chi connectivity index (χ1n) is 13.9. The number of phenols is 1. The SMILES string of the molecule is CCc1c2c(nc3ccc(O)c(Cn4c5c([nH]c4=O)CCCC5)c13)-c1cc3c(c(=O)n1C2)COC(=O)[C@]3(O)CC. The third kappa shape index (κ3) is 3.25. The molecule has 1 aromatic carbocycles. The number of nitrogens with zero attached hydrogens (tertiary/aromatic N) is 3. The van der Waals surface area contributed by atoms with Gasteiger partial charge in [-0.2, -0.15) is 0 Å². The Labute approximate surface area is 228 Å². The monoisotopic (exact) mass is 542 g/mol. The van der Waals surface area contributed by atoms with Gasteiger partial charge in [-0.3, -0.25) is 9.36 Å². The van der Waals surface area contributed by atoms with Crippen molar-refractivity contribution in [1.29, 1.82) is 0 Å². The van der Waals surface area contributed by atoms with E-state index >= 15 is 0 Å². The lowest BCUT2D eigenvalue weighted by Gasteiger charge is -2.31. The van der Waals surface area contributed by atoms with E-state index in [1.54, 1.807) is 34.3 Å². The van der Waals surface area contributed by atoms with E-state index in [0.717, 1.165) is 53.6 Å². The molecule has 0 saturated carbocycles. The minimum Gasteiger partial charge on any atom is -0.508 e. The van der Waals surface area contributed by atoms with E-state index in [-0.39, 0.29) is 54.2 Å². The number of aliphatic hydroxyl groups is 1. The van der Waals surface area contributed by atoms with Crippen LogP contribution in [0, 0.1) is 0 Å². The number of aromatic amines is 1. The van der Waals surface area contributed by atoms with Crippen LogP contribution in [0.25, 0.3) is 22.3 Å². The third-order valence-electron chi connectivity index (χ3n) is 8.99. The van der Waals surface area contributed by atoms with Crippen LogP contribution in [0.5, 0.6) is 5.75 Å². The van der Waals surface area contributed by atoms with Crippen LogP contribution in [0.2, 0.25) is 0 Å². The summed E-state index contributed by atoms with van der Waals surface area (Å²) in [6, 6.07) is 5.06. The molecule has 3 N–H and O–H groups in total. The van der Waals surface area contributed by atoms with Crippen molar-refractivity contribution in [3.8, 4) is 17.1 Å². The van der Waals surface area contributed by atoms with Gasteiger partial charge >= 0.3 is 11.7 Å². The zero-order chi connectivity index (χ0) is 27.9. The molecule has 3 aromatic heterocycles. The van der Waals surface area contributed by atoms with E-state index in [0.29, 0.717) is 28.9 Å². The lowest BCUT2D eigenvalue weighted by Crippen LogP contribution is -2.44. The number of cyclic esters (lactones) is 1. The summed E-state index contributed by atoms with van der Waals surface area (Å²) in [5.41, 5.74) is 4.36. The Hall–Kier alpha value is -4.18. The molecule has 0 saturated heterocycles.